The van der Waals surface area contributed by atoms with Gasteiger partial charge in [-0.3, -0.25) is 4.79 Å². The van der Waals surface area contributed by atoms with Gasteiger partial charge < -0.3 is 16.0 Å². The number of halogens is 4. The number of hydrogen-bond acceptors (Lipinski definition) is 4. The van der Waals surface area contributed by atoms with Crippen LogP contribution in [-0.2, 0) is 11.2 Å². The maximum atomic E-state index is 13.5. The smallest absolute Gasteiger partial charge is 0.251 e. The second-order valence-corrected chi connectivity index (χ2v) is 10.7. The van der Waals surface area contributed by atoms with E-state index in [2.05, 4.69) is 5.32 Å². The number of thioether (sulfide) groups is 1. The lowest BCUT2D eigenvalue weighted by Gasteiger charge is -2.38. The van der Waals surface area contributed by atoms with E-state index in [1.807, 2.05) is 36.0 Å². The molecular formula is C23H27Cl2F2N3OS. The molecular weight excluding hydrogens is 475 g/mol. The Labute approximate surface area is 201 Å². The van der Waals surface area contributed by atoms with Crippen molar-refractivity contribution in [3.05, 3.63) is 51.7 Å². The Morgan fingerprint density at radius 1 is 1.19 bits per heavy atom. The summed E-state index contributed by atoms with van der Waals surface area (Å²) < 4.78 is 27.0. The Morgan fingerprint density at radius 3 is 2.47 bits per heavy atom. The second-order valence-electron chi connectivity index (χ2n) is 8.75. The first-order valence-corrected chi connectivity index (χ1v) is 12.6. The van der Waals surface area contributed by atoms with Crippen LogP contribution in [0.4, 0.5) is 8.78 Å². The van der Waals surface area contributed by atoms with Crippen LogP contribution in [0.2, 0.25) is 0 Å². The molecule has 1 aromatic carbocycles. The van der Waals surface area contributed by atoms with E-state index in [4.69, 9.17) is 28.9 Å². The van der Waals surface area contributed by atoms with Gasteiger partial charge in [0.25, 0.3) is 5.92 Å². The zero-order valence-corrected chi connectivity index (χ0v) is 20.0. The van der Waals surface area contributed by atoms with E-state index in [-0.39, 0.29) is 43.3 Å². The number of carbonyl (C=O) groups is 1. The van der Waals surface area contributed by atoms with Crippen LogP contribution in [0.5, 0.6) is 0 Å². The number of allylic oxidation sites excluding steroid dienone is 1. The zero-order valence-electron chi connectivity index (χ0n) is 17.6. The summed E-state index contributed by atoms with van der Waals surface area (Å²) in [5, 5.41) is 3.50. The average Bonchev–Trinajstić information content (AvgIpc) is 3.57. The van der Waals surface area contributed by atoms with Crippen LogP contribution in [0.15, 0.2) is 51.0 Å². The van der Waals surface area contributed by atoms with E-state index in [0.717, 1.165) is 17.2 Å². The van der Waals surface area contributed by atoms with Crippen molar-refractivity contribution < 1.29 is 13.6 Å². The predicted molar refractivity (Wildman–Crippen MR) is 126 cm³/mol. The Bertz CT molecular complexity index is 908. The van der Waals surface area contributed by atoms with Crippen molar-refractivity contribution in [3.8, 4) is 0 Å². The highest BCUT2D eigenvalue weighted by Crippen LogP contribution is 2.37. The van der Waals surface area contributed by atoms with Crippen molar-refractivity contribution in [2.45, 2.75) is 55.0 Å². The zero-order chi connectivity index (χ0) is 22.9. The molecule has 1 aliphatic heterocycles. The maximum Gasteiger partial charge on any atom is 0.251 e. The van der Waals surface area contributed by atoms with E-state index in [0.29, 0.717) is 10.7 Å². The fraction of sp³-hybridized carbons (Fsp3) is 0.522. The first-order valence-electron chi connectivity index (χ1n) is 10.9. The summed E-state index contributed by atoms with van der Waals surface area (Å²) in [4.78, 5) is 15.6. The second kappa shape index (κ2) is 9.92. The van der Waals surface area contributed by atoms with Gasteiger partial charge in [0.1, 0.15) is 0 Å². The van der Waals surface area contributed by atoms with Gasteiger partial charge in [0.05, 0.1) is 34.3 Å². The summed E-state index contributed by atoms with van der Waals surface area (Å²) in [5.41, 5.74) is 7.67. The number of carbonyl (C=O) groups excluding carboxylic acids is 1. The summed E-state index contributed by atoms with van der Waals surface area (Å²) in [5.74, 6) is -0.832. The molecule has 1 saturated heterocycles. The van der Waals surface area contributed by atoms with Gasteiger partial charge in [-0.2, -0.15) is 0 Å². The molecule has 2 unspecified atom stereocenters. The number of rotatable bonds is 7. The van der Waals surface area contributed by atoms with E-state index >= 15 is 0 Å². The average molecular weight is 502 g/mol. The molecule has 1 aromatic rings. The quantitative estimate of drug-likeness (QED) is 0.523. The molecule has 2 atom stereocenters. The van der Waals surface area contributed by atoms with Gasteiger partial charge in [-0.05, 0) is 42.5 Å². The predicted octanol–water partition coefficient (Wildman–Crippen LogP) is 4.86. The van der Waals surface area contributed by atoms with Crippen molar-refractivity contribution >= 4 is 40.9 Å². The highest BCUT2D eigenvalue weighted by atomic mass is 35.5. The summed E-state index contributed by atoms with van der Waals surface area (Å²) in [7, 11) is 0. The Morgan fingerprint density at radius 2 is 1.84 bits per heavy atom. The maximum absolute atomic E-state index is 13.5. The normalized spacial score (nSPS) is 25.5. The third-order valence-corrected chi connectivity index (χ3v) is 8.05. The van der Waals surface area contributed by atoms with Crippen molar-refractivity contribution in [1.29, 1.82) is 0 Å². The first kappa shape index (κ1) is 23.9. The summed E-state index contributed by atoms with van der Waals surface area (Å²) in [6.45, 7) is 0.308. The fourth-order valence-electron chi connectivity index (χ4n) is 3.89. The van der Waals surface area contributed by atoms with E-state index in [9.17, 15) is 13.6 Å². The molecule has 0 bridgehead atoms. The van der Waals surface area contributed by atoms with Gasteiger partial charge in [0.2, 0.25) is 5.91 Å². The number of hydrogen-bond donors (Lipinski definition) is 2. The SMILES string of the molecule is NC1C(Cl)=C(N2CCC(F)(F)CC2)C(Cl)=CC1NC(=O)Cc1ccc(SCC2CC2)cc1. The number of benzene rings is 1. The molecule has 0 spiro atoms. The molecule has 1 amide bonds. The van der Waals surface area contributed by atoms with Gasteiger partial charge >= 0.3 is 0 Å². The Hall–Kier alpha value is -1.28. The number of nitrogens with zero attached hydrogens (tertiary/aromatic N) is 1. The van der Waals surface area contributed by atoms with Crippen LogP contribution in [0, 0.1) is 5.92 Å². The van der Waals surface area contributed by atoms with Gasteiger partial charge in [-0.25, -0.2) is 8.78 Å². The van der Waals surface area contributed by atoms with Crippen LogP contribution in [-0.4, -0.2) is 47.7 Å². The number of amides is 1. The number of nitrogens with two attached hydrogens (primary N) is 1. The molecule has 9 heteroatoms. The number of likely N-dealkylation sites (tertiary alicyclic amines) is 1. The van der Waals surface area contributed by atoms with Crippen LogP contribution in [0.25, 0.3) is 0 Å². The van der Waals surface area contributed by atoms with Crippen LogP contribution >= 0.6 is 35.0 Å². The van der Waals surface area contributed by atoms with Crippen molar-refractivity contribution in [2.75, 3.05) is 18.8 Å². The molecule has 3 aliphatic rings. The lowest BCUT2D eigenvalue weighted by Crippen LogP contribution is -2.50. The van der Waals surface area contributed by atoms with Gasteiger partial charge in [0.15, 0.2) is 0 Å². The van der Waals surface area contributed by atoms with E-state index < -0.39 is 18.0 Å². The minimum absolute atomic E-state index is 0.154. The fourth-order valence-corrected chi connectivity index (χ4v) is 5.74. The summed E-state index contributed by atoms with van der Waals surface area (Å²) in [6.07, 6.45) is 4.03. The molecule has 0 aromatic heterocycles. The molecule has 2 aliphatic carbocycles. The van der Waals surface area contributed by atoms with Crippen molar-refractivity contribution in [3.63, 3.8) is 0 Å². The lowest BCUT2D eigenvalue weighted by atomic mass is 9.98. The molecule has 32 heavy (non-hydrogen) atoms. The number of alkyl halides is 2. The Kier molecular flexibility index (Phi) is 7.40. The van der Waals surface area contributed by atoms with Gasteiger partial charge in [-0.1, -0.05) is 35.3 Å². The highest BCUT2D eigenvalue weighted by molar-refractivity contribution is 7.99. The Balaban J connectivity index is 1.33. The molecule has 0 radical (unpaired) electrons. The van der Waals surface area contributed by atoms with E-state index in [1.54, 1.807) is 11.0 Å². The minimum Gasteiger partial charge on any atom is -0.369 e. The summed E-state index contributed by atoms with van der Waals surface area (Å²) in [6, 6.07) is 6.78. The lowest BCUT2D eigenvalue weighted by molar-refractivity contribution is -0.120. The monoisotopic (exact) mass is 501 g/mol. The first-order chi connectivity index (χ1) is 15.2. The van der Waals surface area contributed by atoms with Gasteiger partial charge in [-0.15, -0.1) is 11.8 Å². The molecule has 174 valence electrons. The molecule has 4 nitrogen and oxygen atoms in total. The molecule has 4 rings (SSSR count). The topological polar surface area (TPSA) is 58.4 Å². The van der Waals surface area contributed by atoms with Crippen molar-refractivity contribution in [2.24, 2.45) is 11.7 Å². The summed E-state index contributed by atoms with van der Waals surface area (Å²) >= 11 is 14.8. The van der Waals surface area contributed by atoms with Gasteiger partial charge in [0, 0.05) is 36.6 Å². The molecule has 2 fully saturated rings. The molecule has 1 heterocycles. The molecule has 3 N–H and O–H groups in total. The minimum atomic E-state index is -2.67. The standard InChI is InChI=1S/C23H27Cl2F2N3OS/c24-17-12-18(21(28)20(25)22(17)30-9-7-23(26,27)8-10-30)29-19(31)11-14-3-5-16(6-4-14)32-13-15-1-2-15/h3-6,12,15,18,21H,1-2,7-11,13,28H2,(H,29,31). The molecule has 1 saturated carbocycles. The number of piperidine rings is 1. The van der Waals surface area contributed by atoms with Crippen molar-refractivity contribution in [1.82, 2.24) is 10.2 Å². The number of nitrogens with one attached hydrogen (secondary N) is 1. The third kappa shape index (κ3) is 5.99. The highest BCUT2D eigenvalue weighted by Gasteiger charge is 2.38. The van der Waals surface area contributed by atoms with Crippen LogP contribution in [0.1, 0.15) is 31.2 Å². The largest absolute Gasteiger partial charge is 0.369 e. The van der Waals surface area contributed by atoms with Crippen LogP contribution in [0.3, 0.4) is 0 Å². The third-order valence-electron chi connectivity index (χ3n) is 6.07. The van der Waals surface area contributed by atoms with E-state index in [1.165, 1.54) is 17.7 Å². The van der Waals surface area contributed by atoms with Crippen LogP contribution < -0.4 is 11.1 Å².